The van der Waals surface area contributed by atoms with Gasteiger partial charge in [-0.3, -0.25) is 9.59 Å². The van der Waals surface area contributed by atoms with Crippen molar-refractivity contribution < 1.29 is 14.0 Å². The van der Waals surface area contributed by atoms with Crippen molar-refractivity contribution >= 4 is 23.2 Å². The van der Waals surface area contributed by atoms with Gasteiger partial charge in [0.25, 0.3) is 5.91 Å². The van der Waals surface area contributed by atoms with Crippen molar-refractivity contribution in [2.24, 2.45) is 0 Å². The SMILES string of the molecule is O=C(c1ccc(F)cc1)N1CCN(c2ccc3c(c2)CCC(=O)N3Cc2ccccc2)CC1. The van der Waals surface area contributed by atoms with Gasteiger partial charge in [0.15, 0.2) is 0 Å². The lowest BCUT2D eigenvalue weighted by Gasteiger charge is -2.37. The third-order valence-corrected chi connectivity index (χ3v) is 6.47. The predicted molar refractivity (Wildman–Crippen MR) is 127 cm³/mol. The van der Waals surface area contributed by atoms with Crippen molar-refractivity contribution in [3.8, 4) is 0 Å². The molecule has 0 unspecified atom stereocenters. The van der Waals surface area contributed by atoms with Crippen molar-refractivity contribution in [3.63, 3.8) is 0 Å². The van der Waals surface area contributed by atoms with E-state index in [-0.39, 0.29) is 17.6 Å². The topological polar surface area (TPSA) is 43.9 Å². The number of hydrogen-bond acceptors (Lipinski definition) is 3. The quantitative estimate of drug-likeness (QED) is 0.605. The summed E-state index contributed by atoms with van der Waals surface area (Å²) < 4.78 is 13.2. The molecule has 168 valence electrons. The number of rotatable bonds is 4. The summed E-state index contributed by atoms with van der Waals surface area (Å²) in [5, 5.41) is 0. The smallest absolute Gasteiger partial charge is 0.253 e. The first kappa shape index (κ1) is 21.2. The van der Waals surface area contributed by atoms with Crippen LogP contribution in [0, 0.1) is 5.82 Å². The standard InChI is InChI=1S/C27H26FN3O2/c28-23-9-6-21(7-10-23)27(33)30-16-14-29(15-17-30)24-11-12-25-22(18-24)8-13-26(32)31(25)19-20-4-2-1-3-5-20/h1-7,9-12,18H,8,13-17,19H2. The summed E-state index contributed by atoms with van der Waals surface area (Å²) in [6.45, 7) is 3.28. The van der Waals surface area contributed by atoms with Crippen LogP contribution in [0.5, 0.6) is 0 Å². The van der Waals surface area contributed by atoms with Crippen LogP contribution >= 0.6 is 0 Å². The first-order valence-corrected chi connectivity index (χ1v) is 11.4. The highest BCUT2D eigenvalue weighted by Gasteiger charge is 2.27. The van der Waals surface area contributed by atoms with Gasteiger partial charge in [-0.1, -0.05) is 30.3 Å². The fourth-order valence-electron chi connectivity index (χ4n) is 4.63. The summed E-state index contributed by atoms with van der Waals surface area (Å²) in [4.78, 5) is 31.3. The van der Waals surface area contributed by atoms with E-state index in [1.807, 2.05) is 40.1 Å². The third-order valence-electron chi connectivity index (χ3n) is 6.47. The van der Waals surface area contributed by atoms with Gasteiger partial charge in [0.2, 0.25) is 5.91 Å². The Kier molecular flexibility index (Phi) is 5.82. The van der Waals surface area contributed by atoms with Crippen LogP contribution in [0.2, 0.25) is 0 Å². The maximum atomic E-state index is 13.2. The molecule has 0 aromatic heterocycles. The molecule has 1 saturated heterocycles. The predicted octanol–water partition coefficient (Wildman–Crippen LogP) is 4.27. The van der Waals surface area contributed by atoms with Crippen LogP contribution in [0.3, 0.4) is 0 Å². The van der Waals surface area contributed by atoms with Gasteiger partial charge in [0.05, 0.1) is 6.54 Å². The van der Waals surface area contributed by atoms with Gasteiger partial charge in [-0.05, 0) is 60.0 Å². The van der Waals surface area contributed by atoms with E-state index >= 15 is 0 Å². The van der Waals surface area contributed by atoms with Crippen molar-refractivity contribution in [1.29, 1.82) is 0 Å². The fraction of sp³-hybridized carbons (Fsp3) is 0.259. The third kappa shape index (κ3) is 4.46. The van der Waals surface area contributed by atoms with Crippen molar-refractivity contribution in [2.75, 3.05) is 36.0 Å². The maximum absolute atomic E-state index is 13.2. The average Bonchev–Trinajstić information content (AvgIpc) is 2.86. The van der Waals surface area contributed by atoms with Crippen LogP contribution < -0.4 is 9.80 Å². The number of aryl methyl sites for hydroxylation is 1. The molecule has 0 N–H and O–H groups in total. The van der Waals surface area contributed by atoms with Crippen LogP contribution in [0.1, 0.15) is 27.9 Å². The lowest BCUT2D eigenvalue weighted by Crippen LogP contribution is -2.48. The molecule has 2 aliphatic heterocycles. The molecule has 6 heteroatoms. The molecule has 0 spiro atoms. The van der Waals surface area contributed by atoms with Crippen LogP contribution in [-0.2, 0) is 17.8 Å². The molecule has 0 atom stereocenters. The van der Waals surface area contributed by atoms with E-state index in [9.17, 15) is 14.0 Å². The van der Waals surface area contributed by atoms with Crippen LogP contribution in [0.25, 0.3) is 0 Å². The second-order valence-electron chi connectivity index (χ2n) is 8.56. The Labute approximate surface area is 193 Å². The molecule has 2 aliphatic rings. The molecule has 0 saturated carbocycles. The van der Waals surface area contributed by atoms with E-state index in [0.29, 0.717) is 31.6 Å². The molecule has 3 aromatic carbocycles. The largest absolute Gasteiger partial charge is 0.368 e. The minimum absolute atomic E-state index is 0.0600. The lowest BCUT2D eigenvalue weighted by molar-refractivity contribution is -0.119. The molecule has 0 radical (unpaired) electrons. The second-order valence-corrected chi connectivity index (χ2v) is 8.56. The number of hydrogen-bond donors (Lipinski definition) is 0. The Balaban J connectivity index is 1.27. The summed E-state index contributed by atoms with van der Waals surface area (Å²) in [7, 11) is 0. The molecule has 5 rings (SSSR count). The lowest BCUT2D eigenvalue weighted by atomic mass is 9.99. The highest BCUT2D eigenvalue weighted by Crippen LogP contribution is 2.33. The van der Waals surface area contributed by atoms with E-state index in [0.717, 1.165) is 36.4 Å². The van der Waals surface area contributed by atoms with E-state index in [1.165, 1.54) is 29.8 Å². The number of carbonyl (C=O) groups excluding carboxylic acids is 2. The number of carbonyl (C=O) groups is 2. The fourth-order valence-corrected chi connectivity index (χ4v) is 4.63. The van der Waals surface area contributed by atoms with Gasteiger partial charge < -0.3 is 14.7 Å². The zero-order valence-corrected chi connectivity index (χ0v) is 18.4. The molecule has 0 aliphatic carbocycles. The molecule has 33 heavy (non-hydrogen) atoms. The molecular formula is C27H26FN3O2. The van der Waals surface area contributed by atoms with E-state index in [4.69, 9.17) is 0 Å². The van der Waals surface area contributed by atoms with Gasteiger partial charge in [-0.2, -0.15) is 0 Å². The summed E-state index contributed by atoms with van der Waals surface area (Å²) in [6, 6.07) is 22.1. The minimum Gasteiger partial charge on any atom is -0.368 e. The Hall–Kier alpha value is -3.67. The number of amides is 2. The van der Waals surface area contributed by atoms with Gasteiger partial charge >= 0.3 is 0 Å². The molecule has 5 nitrogen and oxygen atoms in total. The normalized spacial score (nSPS) is 16.0. The van der Waals surface area contributed by atoms with Crippen LogP contribution in [-0.4, -0.2) is 42.9 Å². The molecule has 3 aromatic rings. The van der Waals surface area contributed by atoms with E-state index in [2.05, 4.69) is 23.1 Å². The Bertz CT molecular complexity index is 1160. The highest BCUT2D eigenvalue weighted by molar-refractivity contribution is 5.97. The number of piperazine rings is 1. The number of halogens is 1. The van der Waals surface area contributed by atoms with Gasteiger partial charge in [-0.15, -0.1) is 0 Å². The van der Waals surface area contributed by atoms with Gasteiger partial charge in [0.1, 0.15) is 5.82 Å². The Morgan fingerprint density at radius 3 is 2.30 bits per heavy atom. The van der Waals surface area contributed by atoms with Crippen LogP contribution in [0.15, 0.2) is 72.8 Å². The Morgan fingerprint density at radius 1 is 0.848 bits per heavy atom. The number of nitrogens with zero attached hydrogens (tertiary/aromatic N) is 3. The first-order chi connectivity index (χ1) is 16.1. The zero-order chi connectivity index (χ0) is 22.8. The first-order valence-electron chi connectivity index (χ1n) is 11.4. The zero-order valence-electron chi connectivity index (χ0n) is 18.4. The van der Waals surface area contributed by atoms with Crippen molar-refractivity contribution in [2.45, 2.75) is 19.4 Å². The summed E-state index contributed by atoms with van der Waals surface area (Å²) >= 11 is 0. The minimum atomic E-state index is -0.340. The highest BCUT2D eigenvalue weighted by atomic mass is 19.1. The average molecular weight is 444 g/mol. The summed E-state index contributed by atoms with van der Waals surface area (Å²) in [5.74, 6) is -0.241. The number of benzene rings is 3. The van der Waals surface area contributed by atoms with E-state index < -0.39 is 0 Å². The summed E-state index contributed by atoms with van der Waals surface area (Å²) in [5.41, 5.74) is 4.93. The van der Waals surface area contributed by atoms with Crippen LogP contribution in [0.4, 0.5) is 15.8 Å². The molecule has 2 heterocycles. The molecule has 2 amide bonds. The van der Waals surface area contributed by atoms with Gasteiger partial charge in [0, 0.05) is 49.5 Å². The van der Waals surface area contributed by atoms with Crippen molar-refractivity contribution in [1.82, 2.24) is 4.90 Å². The molecule has 1 fully saturated rings. The molecular weight excluding hydrogens is 417 g/mol. The number of fused-ring (bicyclic) bond motifs is 1. The van der Waals surface area contributed by atoms with E-state index in [1.54, 1.807) is 0 Å². The summed E-state index contributed by atoms with van der Waals surface area (Å²) in [6.07, 6.45) is 1.26. The molecule has 0 bridgehead atoms. The van der Waals surface area contributed by atoms with Gasteiger partial charge in [-0.25, -0.2) is 4.39 Å². The van der Waals surface area contributed by atoms with Crippen molar-refractivity contribution in [3.05, 3.63) is 95.3 Å². The maximum Gasteiger partial charge on any atom is 0.253 e. The monoisotopic (exact) mass is 443 g/mol. The Morgan fingerprint density at radius 2 is 1.58 bits per heavy atom. The number of anilines is 2. The second kappa shape index (κ2) is 9.06.